The van der Waals surface area contributed by atoms with Crippen LogP contribution in [0.1, 0.15) is 19.4 Å². The van der Waals surface area contributed by atoms with Gasteiger partial charge in [-0.3, -0.25) is 4.79 Å². The van der Waals surface area contributed by atoms with Gasteiger partial charge in [-0.1, -0.05) is 25.4 Å². The first-order valence-corrected chi connectivity index (χ1v) is 6.24. The van der Waals surface area contributed by atoms with E-state index in [1.165, 1.54) is 0 Å². The topological polar surface area (TPSA) is 42.1 Å². The van der Waals surface area contributed by atoms with Crippen molar-refractivity contribution in [2.24, 2.45) is 0 Å². The maximum Gasteiger partial charge on any atom is 0.255 e. The van der Waals surface area contributed by atoms with Crippen molar-refractivity contribution in [1.29, 1.82) is 0 Å². The summed E-state index contributed by atoms with van der Waals surface area (Å²) < 4.78 is 5.65. The van der Waals surface area contributed by atoms with Crippen LogP contribution in [-0.4, -0.2) is 19.4 Å². The highest BCUT2D eigenvalue weighted by Gasteiger charge is 2.33. The molecule has 0 amide bonds. The molecule has 0 bridgehead atoms. The van der Waals surface area contributed by atoms with Crippen LogP contribution in [0, 0.1) is 0 Å². The van der Waals surface area contributed by atoms with Crippen molar-refractivity contribution in [2.75, 3.05) is 6.61 Å². The van der Waals surface area contributed by atoms with Gasteiger partial charge in [0.15, 0.2) is 0 Å². The summed E-state index contributed by atoms with van der Waals surface area (Å²) in [4.78, 5) is 14.5. The van der Waals surface area contributed by atoms with Gasteiger partial charge in [-0.15, -0.1) is 0 Å². The van der Waals surface area contributed by atoms with Crippen molar-refractivity contribution in [3.63, 3.8) is 0 Å². The third-order valence-electron chi connectivity index (χ3n) is 3.55. The first kappa shape index (κ1) is 12.1. The summed E-state index contributed by atoms with van der Waals surface area (Å²) in [7, 11) is 6.04. The maximum absolute atomic E-state index is 11.9. The van der Waals surface area contributed by atoms with E-state index in [-0.39, 0.29) is 11.0 Å². The monoisotopic (exact) mass is 251 g/mol. The number of pyridine rings is 1. The molecule has 0 saturated heterocycles. The highest BCUT2D eigenvalue weighted by atomic mass is 16.5. The number of hydrogen-bond donors (Lipinski definition) is 1. The van der Waals surface area contributed by atoms with Crippen LogP contribution in [0.3, 0.4) is 0 Å². The molecular formula is C15H14BNO2. The quantitative estimate of drug-likeness (QED) is 0.780. The van der Waals surface area contributed by atoms with Gasteiger partial charge in [-0.25, -0.2) is 0 Å². The number of nitrogens with one attached hydrogen (secondary N) is 1. The molecule has 0 atom stereocenters. The van der Waals surface area contributed by atoms with Crippen LogP contribution < -0.4 is 15.8 Å². The van der Waals surface area contributed by atoms with Crippen molar-refractivity contribution in [2.45, 2.75) is 19.3 Å². The number of ether oxygens (including phenoxy) is 1. The second-order valence-corrected chi connectivity index (χ2v) is 5.53. The molecule has 0 spiro atoms. The van der Waals surface area contributed by atoms with Crippen LogP contribution in [0.2, 0.25) is 0 Å². The molecule has 4 heteroatoms. The molecule has 2 aromatic rings. The number of fused-ring (bicyclic) bond motifs is 1. The Morgan fingerprint density at radius 2 is 2.16 bits per heavy atom. The van der Waals surface area contributed by atoms with E-state index < -0.39 is 0 Å². The van der Waals surface area contributed by atoms with Gasteiger partial charge in [-0.05, 0) is 23.8 Å². The zero-order valence-electron chi connectivity index (χ0n) is 11.0. The average molecular weight is 251 g/mol. The second kappa shape index (κ2) is 4.02. The fourth-order valence-corrected chi connectivity index (χ4v) is 2.45. The predicted molar refractivity (Wildman–Crippen MR) is 76.4 cm³/mol. The van der Waals surface area contributed by atoms with Gasteiger partial charge in [0, 0.05) is 22.7 Å². The summed E-state index contributed by atoms with van der Waals surface area (Å²) in [5.41, 5.74) is 2.91. The zero-order valence-corrected chi connectivity index (χ0v) is 11.0. The molecule has 3 rings (SSSR count). The molecule has 94 valence electrons. The summed E-state index contributed by atoms with van der Waals surface area (Å²) >= 11 is 0. The summed E-state index contributed by atoms with van der Waals surface area (Å²) in [6.07, 6.45) is 1.62. The van der Waals surface area contributed by atoms with E-state index >= 15 is 0 Å². The molecule has 0 saturated carbocycles. The van der Waals surface area contributed by atoms with Gasteiger partial charge in [0.25, 0.3) is 5.56 Å². The lowest BCUT2D eigenvalue weighted by molar-refractivity contribution is 0.292. The molecule has 3 nitrogen and oxygen atoms in total. The predicted octanol–water partition coefficient (Wildman–Crippen LogP) is 1.51. The maximum atomic E-state index is 11.9. The van der Waals surface area contributed by atoms with Crippen LogP contribution in [0.25, 0.3) is 11.1 Å². The largest absolute Gasteiger partial charge is 0.493 e. The molecule has 2 heterocycles. The van der Waals surface area contributed by atoms with E-state index in [4.69, 9.17) is 12.6 Å². The highest BCUT2D eigenvalue weighted by Crippen LogP contribution is 2.38. The number of benzene rings is 1. The Kier molecular flexibility index (Phi) is 2.56. The highest BCUT2D eigenvalue weighted by molar-refractivity contribution is 6.35. The lowest BCUT2D eigenvalue weighted by Crippen LogP contribution is -2.18. The van der Waals surface area contributed by atoms with Crippen LogP contribution in [0.4, 0.5) is 0 Å². The minimum atomic E-state index is -0.112. The molecule has 0 aliphatic carbocycles. The lowest BCUT2D eigenvalue weighted by Gasteiger charge is -2.16. The van der Waals surface area contributed by atoms with Gasteiger partial charge in [-0.2, -0.15) is 0 Å². The van der Waals surface area contributed by atoms with Gasteiger partial charge in [0.05, 0.1) is 6.61 Å². The molecular weight excluding hydrogens is 237 g/mol. The van der Waals surface area contributed by atoms with E-state index in [0.29, 0.717) is 17.6 Å². The molecule has 0 fully saturated rings. The molecule has 1 N–H and O–H groups in total. The number of aromatic nitrogens is 1. The van der Waals surface area contributed by atoms with Gasteiger partial charge in [0.2, 0.25) is 0 Å². The first-order valence-electron chi connectivity index (χ1n) is 6.24. The fourth-order valence-electron chi connectivity index (χ4n) is 2.45. The van der Waals surface area contributed by atoms with Crippen LogP contribution >= 0.6 is 0 Å². The lowest BCUT2D eigenvalue weighted by atomic mass is 9.81. The summed E-state index contributed by atoms with van der Waals surface area (Å²) in [5.74, 6) is 0.751. The Hall–Kier alpha value is -1.97. The Labute approximate surface area is 113 Å². The number of H-pyrrole nitrogens is 1. The number of aromatic amines is 1. The fraction of sp³-hybridized carbons (Fsp3) is 0.267. The summed E-state index contributed by atoms with van der Waals surface area (Å²) in [5, 5.41) is 0. The van der Waals surface area contributed by atoms with Gasteiger partial charge in [0.1, 0.15) is 13.6 Å². The summed E-state index contributed by atoms with van der Waals surface area (Å²) in [6, 6.07) is 7.40. The molecule has 1 aliphatic rings. The molecule has 19 heavy (non-hydrogen) atoms. The van der Waals surface area contributed by atoms with Crippen molar-refractivity contribution in [3.05, 3.63) is 46.4 Å². The Bertz CT molecular complexity index is 704. The zero-order chi connectivity index (χ0) is 13.6. The van der Waals surface area contributed by atoms with Crippen LogP contribution in [-0.2, 0) is 5.41 Å². The average Bonchev–Trinajstić information content (AvgIpc) is 2.66. The molecule has 1 aliphatic heterocycles. The van der Waals surface area contributed by atoms with Crippen molar-refractivity contribution >= 4 is 13.3 Å². The van der Waals surface area contributed by atoms with E-state index in [2.05, 4.69) is 18.8 Å². The SMILES string of the molecule is [B]c1cc(-c2ccc[nH]c2=O)cc2c1OCC2(C)C. The van der Waals surface area contributed by atoms with E-state index in [9.17, 15) is 4.79 Å². The Morgan fingerprint density at radius 3 is 2.89 bits per heavy atom. The van der Waals surface area contributed by atoms with Crippen LogP contribution in [0.15, 0.2) is 35.3 Å². The second-order valence-electron chi connectivity index (χ2n) is 5.53. The standard InChI is InChI=1S/C15H14BNO2/c1-15(2)8-19-13-11(15)6-9(7-12(13)16)10-4-3-5-17-14(10)18/h3-7H,8H2,1-2H3,(H,17,18). The number of hydrogen-bond acceptors (Lipinski definition) is 2. The van der Waals surface area contributed by atoms with Crippen molar-refractivity contribution < 1.29 is 4.74 Å². The minimum Gasteiger partial charge on any atom is -0.493 e. The van der Waals surface area contributed by atoms with Crippen LogP contribution in [0.5, 0.6) is 5.75 Å². The first-order chi connectivity index (χ1) is 8.99. The third-order valence-corrected chi connectivity index (χ3v) is 3.55. The molecule has 2 radical (unpaired) electrons. The van der Waals surface area contributed by atoms with E-state index in [1.807, 2.05) is 12.1 Å². The minimum absolute atomic E-state index is 0.0823. The van der Waals surface area contributed by atoms with Gasteiger partial charge >= 0.3 is 0 Å². The normalized spacial score (nSPS) is 15.9. The Morgan fingerprint density at radius 1 is 1.37 bits per heavy atom. The summed E-state index contributed by atoms with van der Waals surface area (Å²) in [6.45, 7) is 4.83. The van der Waals surface area contributed by atoms with Crippen molar-refractivity contribution in [1.82, 2.24) is 4.98 Å². The Balaban J connectivity index is 2.24. The van der Waals surface area contributed by atoms with E-state index in [1.54, 1.807) is 18.3 Å². The molecule has 1 aromatic carbocycles. The molecule has 0 unspecified atom stereocenters. The number of rotatable bonds is 1. The van der Waals surface area contributed by atoms with E-state index in [0.717, 1.165) is 16.9 Å². The van der Waals surface area contributed by atoms with Gasteiger partial charge < -0.3 is 9.72 Å². The van der Waals surface area contributed by atoms with Crippen molar-refractivity contribution in [3.8, 4) is 16.9 Å². The molecule has 1 aromatic heterocycles. The third kappa shape index (κ3) is 1.88. The smallest absolute Gasteiger partial charge is 0.255 e.